The van der Waals surface area contributed by atoms with Crippen LogP contribution in [0.5, 0.6) is 0 Å². The molecule has 1 N–H and O–H groups in total. The Morgan fingerprint density at radius 2 is 1.65 bits per heavy atom. The number of ether oxygens (including phenoxy) is 2. The van der Waals surface area contributed by atoms with Gasteiger partial charge in [0.2, 0.25) is 0 Å². The average molecular weight is 243 g/mol. The van der Waals surface area contributed by atoms with Gasteiger partial charge in [-0.05, 0) is 18.8 Å². The minimum atomic E-state index is -0.175. The minimum Gasteiger partial charge on any atom is -0.392 e. The Balaban J connectivity index is 1.79. The van der Waals surface area contributed by atoms with Gasteiger partial charge in [0, 0.05) is 33.9 Å². The lowest BCUT2D eigenvalue weighted by molar-refractivity contribution is -0.00461. The van der Waals surface area contributed by atoms with Crippen molar-refractivity contribution in [3.05, 3.63) is 0 Å². The van der Waals surface area contributed by atoms with Crippen LogP contribution in [-0.2, 0) is 9.47 Å². The fraction of sp³-hybridized carbons (Fsp3) is 1.00. The van der Waals surface area contributed by atoms with Gasteiger partial charge in [0.25, 0.3) is 0 Å². The molecular formula is C13H25NO3. The molecule has 3 unspecified atom stereocenters. The summed E-state index contributed by atoms with van der Waals surface area (Å²) in [6.45, 7) is 2.52. The van der Waals surface area contributed by atoms with E-state index < -0.39 is 0 Å². The largest absolute Gasteiger partial charge is 0.392 e. The van der Waals surface area contributed by atoms with Gasteiger partial charge in [-0.15, -0.1) is 0 Å². The highest BCUT2D eigenvalue weighted by Gasteiger charge is 2.35. The second-order valence-electron chi connectivity index (χ2n) is 5.38. The fourth-order valence-electron chi connectivity index (χ4n) is 3.18. The monoisotopic (exact) mass is 243 g/mol. The average Bonchev–Trinajstić information content (AvgIpc) is 2.97. The van der Waals surface area contributed by atoms with Crippen LogP contribution in [0.4, 0.5) is 0 Å². The molecular weight excluding hydrogens is 218 g/mol. The molecule has 0 amide bonds. The van der Waals surface area contributed by atoms with Crippen molar-refractivity contribution in [1.82, 2.24) is 4.90 Å². The molecule has 1 saturated heterocycles. The van der Waals surface area contributed by atoms with Crippen molar-refractivity contribution in [1.29, 1.82) is 0 Å². The van der Waals surface area contributed by atoms with Crippen LogP contribution >= 0.6 is 0 Å². The van der Waals surface area contributed by atoms with E-state index in [1.165, 1.54) is 25.7 Å². The molecule has 0 aromatic heterocycles. The number of aliphatic hydroxyl groups is 1. The molecule has 1 aliphatic heterocycles. The molecule has 0 aromatic rings. The van der Waals surface area contributed by atoms with E-state index in [0.29, 0.717) is 5.92 Å². The number of hydrogen-bond acceptors (Lipinski definition) is 4. The van der Waals surface area contributed by atoms with Crippen LogP contribution in [0.1, 0.15) is 25.7 Å². The molecule has 17 heavy (non-hydrogen) atoms. The van der Waals surface area contributed by atoms with Crippen molar-refractivity contribution in [3.8, 4) is 0 Å². The topological polar surface area (TPSA) is 41.9 Å². The second-order valence-corrected chi connectivity index (χ2v) is 5.38. The van der Waals surface area contributed by atoms with Crippen LogP contribution in [0, 0.1) is 5.92 Å². The molecule has 2 rings (SSSR count). The zero-order valence-electron chi connectivity index (χ0n) is 11.0. The zero-order valence-corrected chi connectivity index (χ0v) is 11.0. The first-order chi connectivity index (χ1) is 8.24. The molecule has 0 spiro atoms. The Labute approximate surface area is 104 Å². The first-order valence-electron chi connectivity index (χ1n) is 6.70. The molecule has 2 fully saturated rings. The van der Waals surface area contributed by atoms with Gasteiger partial charge in [-0.2, -0.15) is 0 Å². The van der Waals surface area contributed by atoms with E-state index in [1.54, 1.807) is 14.2 Å². The number of rotatable bonds is 5. The van der Waals surface area contributed by atoms with Gasteiger partial charge < -0.3 is 14.6 Å². The standard InChI is InChI=1S/C13H25NO3/c1-16-12-8-14(9-13(12)17-2)7-11(15)10-5-3-4-6-10/h10-13,15H,3-9H2,1-2H3. The highest BCUT2D eigenvalue weighted by molar-refractivity contribution is 4.88. The molecule has 4 heteroatoms. The summed E-state index contributed by atoms with van der Waals surface area (Å²) in [6, 6.07) is 0. The Bertz CT molecular complexity index is 219. The summed E-state index contributed by atoms with van der Waals surface area (Å²) in [7, 11) is 3.46. The number of likely N-dealkylation sites (tertiary alicyclic amines) is 1. The summed E-state index contributed by atoms with van der Waals surface area (Å²) in [5.41, 5.74) is 0. The summed E-state index contributed by atoms with van der Waals surface area (Å²) in [5.74, 6) is 0.512. The third kappa shape index (κ3) is 3.19. The third-order valence-corrected chi connectivity index (χ3v) is 4.29. The summed E-state index contributed by atoms with van der Waals surface area (Å²) in [5, 5.41) is 10.2. The first kappa shape index (κ1) is 13.3. The van der Waals surface area contributed by atoms with Crippen molar-refractivity contribution >= 4 is 0 Å². The van der Waals surface area contributed by atoms with Crippen LogP contribution in [0.15, 0.2) is 0 Å². The lowest BCUT2D eigenvalue weighted by atomic mass is 10.0. The third-order valence-electron chi connectivity index (χ3n) is 4.29. The van der Waals surface area contributed by atoms with E-state index >= 15 is 0 Å². The van der Waals surface area contributed by atoms with Gasteiger partial charge in [-0.1, -0.05) is 12.8 Å². The molecule has 4 nitrogen and oxygen atoms in total. The lowest BCUT2D eigenvalue weighted by Gasteiger charge is -2.23. The predicted molar refractivity (Wildman–Crippen MR) is 66.0 cm³/mol. The van der Waals surface area contributed by atoms with Gasteiger partial charge in [-0.25, -0.2) is 0 Å². The SMILES string of the molecule is COC1CN(CC(O)C2CCCC2)CC1OC. The van der Waals surface area contributed by atoms with Crippen LogP contribution in [0.3, 0.4) is 0 Å². The smallest absolute Gasteiger partial charge is 0.0971 e. The number of aliphatic hydroxyl groups excluding tert-OH is 1. The van der Waals surface area contributed by atoms with E-state index in [4.69, 9.17) is 9.47 Å². The summed E-state index contributed by atoms with van der Waals surface area (Å²) in [4.78, 5) is 2.27. The maximum atomic E-state index is 10.2. The van der Waals surface area contributed by atoms with E-state index in [1.807, 2.05) is 0 Å². The van der Waals surface area contributed by atoms with Gasteiger partial charge in [0.15, 0.2) is 0 Å². The fourth-order valence-corrected chi connectivity index (χ4v) is 3.18. The van der Waals surface area contributed by atoms with E-state index in [2.05, 4.69) is 4.90 Å². The molecule has 1 saturated carbocycles. The van der Waals surface area contributed by atoms with Crippen LogP contribution in [0.25, 0.3) is 0 Å². The first-order valence-corrected chi connectivity index (χ1v) is 6.70. The van der Waals surface area contributed by atoms with Crippen LogP contribution in [-0.4, -0.2) is 62.2 Å². The Kier molecular flexibility index (Phi) is 4.79. The maximum Gasteiger partial charge on any atom is 0.0971 e. The van der Waals surface area contributed by atoms with Crippen LogP contribution in [0.2, 0.25) is 0 Å². The lowest BCUT2D eigenvalue weighted by Crippen LogP contribution is -2.35. The molecule has 0 bridgehead atoms. The summed E-state index contributed by atoms with van der Waals surface area (Å²) >= 11 is 0. The van der Waals surface area contributed by atoms with E-state index in [-0.39, 0.29) is 18.3 Å². The molecule has 0 aromatic carbocycles. The van der Waals surface area contributed by atoms with E-state index in [9.17, 15) is 5.11 Å². The van der Waals surface area contributed by atoms with Crippen molar-refractivity contribution in [2.24, 2.45) is 5.92 Å². The maximum absolute atomic E-state index is 10.2. The number of nitrogens with zero attached hydrogens (tertiary/aromatic N) is 1. The Morgan fingerprint density at radius 1 is 1.12 bits per heavy atom. The number of methoxy groups -OCH3 is 2. The summed E-state index contributed by atoms with van der Waals surface area (Å²) in [6.07, 6.45) is 5.07. The Hall–Kier alpha value is -0.160. The second kappa shape index (κ2) is 6.14. The molecule has 0 radical (unpaired) electrons. The van der Waals surface area contributed by atoms with Crippen LogP contribution < -0.4 is 0 Å². The zero-order chi connectivity index (χ0) is 12.3. The van der Waals surface area contributed by atoms with Crippen molar-refractivity contribution in [2.45, 2.75) is 44.0 Å². The number of hydrogen-bond donors (Lipinski definition) is 1. The molecule has 100 valence electrons. The molecule has 1 heterocycles. The molecule has 2 aliphatic rings. The number of β-amino-alcohol motifs (C(OH)–C–C–N with tert-alkyl or cyclic N) is 1. The van der Waals surface area contributed by atoms with Gasteiger partial charge >= 0.3 is 0 Å². The normalized spacial score (nSPS) is 33.4. The van der Waals surface area contributed by atoms with Crippen molar-refractivity contribution in [3.63, 3.8) is 0 Å². The minimum absolute atomic E-state index is 0.149. The Morgan fingerprint density at radius 3 is 2.12 bits per heavy atom. The van der Waals surface area contributed by atoms with Gasteiger partial charge in [0.1, 0.15) is 0 Å². The molecule has 1 aliphatic carbocycles. The van der Waals surface area contributed by atoms with Crippen molar-refractivity contribution in [2.75, 3.05) is 33.9 Å². The van der Waals surface area contributed by atoms with Crippen molar-refractivity contribution < 1.29 is 14.6 Å². The quantitative estimate of drug-likeness (QED) is 0.778. The van der Waals surface area contributed by atoms with Gasteiger partial charge in [0.05, 0.1) is 18.3 Å². The van der Waals surface area contributed by atoms with E-state index in [0.717, 1.165) is 19.6 Å². The highest BCUT2D eigenvalue weighted by Crippen LogP contribution is 2.28. The predicted octanol–water partition coefficient (Wildman–Crippen LogP) is 0.883. The van der Waals surface area contributed by atoms with Gasteiger partial charge in [-0.3, -0.25) is 4.90 Å². The summed E-state index contributed by atoms with van der Waals surface area (Å²) < 4.78 is 10.8. The molecule has 3 atom stereocenters. The highest BCUT2D eigenvalue weighted by atomic mass is 16.5.